The van der Waals surface area contributed by atoms with Gasteiger partial charge in [-0.1, -0.05) is 25.1 Å². The third kappa shape index (κ3) is 4.51. The zero-order valence-electron chi connectivity index (χ0n) is 11.9. The molecular formula is C16H21ClN2S. The van der Waals surface area contributed by atoms with E-state index in [4.69, 9.17) is 10.7 Å². The van der Waals surface area contributed by atoms with E-state index in [-0.39, 0.29) is 18.4 Å². The van der Waals surface area contributed by atoms with Gasteiger partial charge in [0.1, 0.15) is 0 Å². The second kappa shape index (κ2) is 8.30. The Morgan fingerprint density at radius 1 is 1.15 bits per heavy atom. The van der Waals surface area contributed by atoms with Crippen LogP contribution in [0, 0.1) is 0 Å². The van der Waals surface area contributed by atoms with Crippen LogP contribution in [0.2, 0.25) is 0 Å². The van der Waals surface area contributed by atoms with Gasteiger partial charge in [-0.2, -0.15) is 0 Å². The predicted octanol–water partition coefficient (Wildman–Crippen LogP) is 4.17. The molecule has 0 spiro atoms. The number of nitrogens with zero attached hydrogens (tertiary/aromatic N) is 1. The topological polar surface area (TPSA) is 38.9 Å². The van der Waals surface area contributed by atoms with E-state index in [1.54, 1.807) is 11.8 Å². The summed E-state index contributed by atoms with van der Waals surface area (Å²) in [5, 5.41) is 0. The molecule has 0 aliphatic heterocycles. The summed E-state index contributed by atoms with van der Waals surface area (Å²) in [4.78, 5) is 5.97. The van der Waals surface area contributed by atoms with Gasteiger partial charge < -0.3 is 5.73 Å². The van der Waals surface area contributed by atoms with Crippen molar-refractivity contribution >= 4 is 24.2 Å². The van der Waals surface area contributed by atoms with E-state index in [1.165, 1.54) is 4.90 Å². The van der Waals surface area contributed by atoms with E-state index >= 15 is 0 Å². The molecule has 0 aliphatic rings. The first kappa shape index (κ1) is 17.0. The highest BCUT2D eigenvalue weighted by molar-refractivity contribution is 7.98. The molecule has 1 heterocycles. The van der Waals surface area contributed by atoms with Crippen LogP contribution in [0.15, 0.2) is 47.4 Å². The lowest BCUT2D eigenvalue weighted by atomic mass is 10.1. The van der Waals surface area contributed by atoms with Crippen molar-refractivity contribution in [2.24, 2.45) is 5.73 Å². The smallest absolute Gasteiger partial charge is 0.0705 e. The van der Waals surface area contributed by atoms with Gasteiger partial charge in [-0.15, -0.1) is 24.2 Å². The monoisotopic (exact) mass is 308 g/mol. The van der Waals surface area contributed by atoms with Gasteiger partial charge in [0.25, 0.3) is 0 Å². The Balaban J connectivity index is 0.00000200. The molecule has 0 saturated heterocycles. The number of nitrogens with two attached hydrogens (primary N) is 1. The molecule has 0 amide bonds. The summed E-state index contributed by atoms with van der Waals surface area (Å²) in [6.07, 6.45) is 3.90. The van der Waals surface area contributed by atoms with Crippen molar-refractivity contribution in [1.82, 2.24) is 4.98 Å². The van der Waals surface area contributed by atoms with Crippen LogP contribution in [0.4, 0.5) is 0 Å². The van der Waals surface area contributed by atoms with Gasteiger partial charge >= 0.3 is 0 Å². The van der Waals surface area contributed by atoms with E-state index in [1.807, 2.05) is 0 Å². The Hall–Kier alpha value is -1.03. The number of rotatable bonds is 5. The summed E-state index contributed by atoms with van der Waals surface area (Å²) in [5.41, 5.74) is 9.24. The molecule has 4 heteroatoms. The lowest BCUT2D eigenvalue weighted by Crippen LogP contribution is -2.21. The molecule has 0 fully saturated rings. The molecule has 2 rings (SSSR count). The number of hydrogen-bond donors (Lipinski definition) is 1. The fourth-order valence-corrected chi connectivity index (χ4v) is 2.34. The number of hydrogen-bond acceptors (Lipinski definition) is 3. The minimum atomic E-state index is 0. The highest BCUT2D eigenvalue weighted by atomic mass is 35.5. The molecule has 2 nitrogen and oxygen atoms in total. The SMILES string of the molecule is CCC(N)Cc1cccc(-c2ccc(SC)cc2)n1.Cl. The second-order valence-electron chi connectivity index (χ2n) is 4.62. The number of aromatic nitrogens is 1. The molecule has 0 radical (unpaired) electrons. The first-order chi connectivity index (χ1) is 9.22. The Morgan fingerprint density at radius 3 is 2.45 bits per heavy atom. The molecular weight excluding hydrogens is 288 g/mol. The Bertz CT molecular complexity index is 528. The molecule has 0 saturated carbocycles. The number of thioether (sulfide) groups is 1. The van der Waals surface area contributed by atoms with Crippen LogP contribution >= 0.6 is 24.2 Å². The van der Waals surface area contributed by atoms with E-state index < -0.39 is 0 Å². The molecule has 2 aromatic rings. The molecule has 1 aromatic heterocycles. The van der Waals surface area contributed by atoms with Crippen LogP contribution in [0.1, 0.15) is 19.0 Å². The highest BCUT2D eigenvalue weighted by Gasteiger charge is 2.05. The van der Waals surface area contributed by atoms with E-state index in [0.29, 0.717) is 0 Å². The van der Waals surface area contributed by atoms with Crippen molar-refractivity contribution < 1.29 is 0 Å². The minimum absolute atomic E-state index is 0. The van der Waals surface area contributed by atoms with Gasteiger partial charge in [0, 0.05) is 28.6 Å². The minimum Gasteiger partial charge on any atom is -0.327 e. The second-order valence-corrected chi connectivity index (χ2v) is 5.49. The van der Waals surface area contributed by atoms with Crippen LogP contribution in [0.3, 0.4) is 0 Å². The number of benzene rings is 1. The standard InChI is InChI=1S/C16H20N2S.ClH/c1-3-13(17)11-14-5-4-6-16(18-14)12-7-9-15(19-2)10-8-12;/h4-10,13H,3,11,17H2,1-2H3;1H. The van der Waals surface area contributed by atoms with Crippen molar-refractivity contribution in [3.8, 4) is 11.3 Å². The average Bonchev–Trinajstić information content (AvgIpc) is 2.47. The Kier molecular flexibility index (Phi) is 7.06. The molecule has 20 heavy (non-hydrogen) atoms. The van der Waals surface area contributed by atoms with E-state index in [2.05, 4.69) is 55.6 Å². The van der Waals surface area contributed by atoms with Crippen LogP contribution in [-0.4, -0.2) is 17.3 Å². The lowest BCUT2D eigenvalue weighted by Gasteiger charge is -2.09. The molecule has 0 aliphatic carbocycles. The maximum absolute atomic E-state index is 5.99. The van der Waals surface area contributed by atoms with Crippen LogP contribution in [0.5, 0.6) is 0 Å². The van der Waals surface area contributed by atoms with Crippen molar-refractivity contribution in [1.29, 1.82) is 0 Å². The molecule has 2 N–H and O–H groups in total. The van der Waals surface area contributed by atoms with Crippen molar-refractivity contribution in [2.75, 3.05) is 6.26 Å². The number of halogens is 1. The summed E-state index contributed by atoms with van der Waals surface area (Å²) in [5.74, 6) is 0. The lowest BCUT2D eigenvalue weighted by molar-refractivity contribution is 0.637. The Labute approximate surface area is 131 Å². The highest BCUT2D eigenvalue weighted by Crippen LogP contribution is 2.22. The first-order valence-electron chi connectivity index (χ1n) is 6.59. The molecule has 1 aromatic carbocycles. The van der Waals surface area contributed by atoms with E-state index in [0.717, 1.165) is 29.8 Å². The van der Waals surface area contributed by atoms with Gasteiger partial charge in [-0.3, -0.25) is 4.98 Å². The number of pyridine rings is 1. The third-order valence-corrected chi connectivity index (χ3v) is 3.93. The average molecular weight is 309 g/mol. The van der Waals surface area contributed by atoms with Gasteiger partial charge in [-0.05, 0) is 36.9 Å². The zero-order valence-corrected chi connectivity index (χ0v) is 13.5. The zero-order chi connectivity index (χ0) is 13.7. The third-order valence-electron chi connectivity index (χ3n) is 3.19. The maximum atomic E-state index is 5.99. The quantitative estimate of drug-likeness (QED) is 0.842. The largest absolute Gasteiger partial charge is 0.327 e. The Morgan fingerprint density at radius 2 is 1.85 bits per heavy atom. The summed E-state index contributed by atoms with van der Waals surface area (Å²) in [7, 11) is 0. The predicted molar refractivity (Wildman–Crippen MR) is 90.7 cm³/mol. The van der Waals surface area contributed by atoms with E-state index in [9.17, 15) is 0 Å². The van der Waals surface area contributed by atoms with Crippen LogP contribution in [-0.2, 0) is 6.42 Å². The summed E-state index contributed by atoms with van der Waals surface area (Å²) < 4.78 is 0. The van der Waals surface area contributed by atoms with Gasteiger partial charge in [0.05, 0.1) is 5.69 Å². The fourth-order valence-electron chi connectivity index (χ4n) is 1.93. The molecule has 1 unspecified atom stereocenters. The van der Waals surface area contributed by atoms with Crippen molar-refractivity contribution in [2.45, 2.75) is 30.7 Å². The van der Waals surface area contributed by atoms with Crippen LogP contribution < -0.4 is 5.73 Å². The molecule has 0 bridgehead atoms. The normalized spacial score (nSPS) is 11.8. The van der Waals surface area contributed by atoms with Gasteiger partial charge in [0.15, 0.2) is 0 Å². The molecule has 108 valence electrons. The van der Waals surface area contributed by atoms with Crippen molar-refractivity contribution in [3.63, 3.8) is 0 Å². The summed E-state index contributed by atoms with van der Waals surface area (Å²) in [6.45, 7) is 2.11. The van der Waals surface area contributed by atoms with Crippen LogP contribution in [0.25, 0.3) is 11.3 Å². The molecule has 1 atom stereocenters. The van der Waals surface area contributed by atoms with Gasteiger partial charge in [0.2, 0.25) is 0 Å². The first-order valence-corrected chi connectivity index (χ1v) is 7.81. The fraction of sp³-hybridized carbons (Fsp3) is 0.312. The van der Waals surface area contributed by atoms with Crippen molar-refractivity contribution in [3.05, 3.63) is 48.2 Å². The summed E-state index contributed by atoms with van der Waals surface area (Å²) >= 11 is 1.75. The summed E-state index contributed by atoms with van der Waals surface area (Å²) in [6, 6.07) is 14.9. The maximum Gasteiger partial charge on any atom is 0.0705 e. The van der Waals surface area contributed by atoms with Gasteiger partial charge in [-0.25, -0.2) is 0 Å².